The number of thioether (sulfide) groups is 1. The molecule has 17 heavy (non-hydrogen) atoms. The van der Waals surface area contributed by atoms with Crippen LogP contribution >= 0.6 is 11.8 Å². The van der Waals surface area contributed by atoms with Crippen LogP contribution in [-0.4, -0.2) is 23.8 Å². The Morgan fingerprint density at radius 1 is 1.29 bits per heavy atom. The topological polar surface area (TPSA) is 32.3 Å². The van der Waals surface area contributed by atoms with Crippen LogP contribution in [-0.2, 0) is 0 Å². The van der Waals surface area contributed by atoms with Crippen molar-refractivity contribution in [3.8, 4) is 0 Å². The van der Waals surface area contributed by atoms with E-state index in [1.54, 1.807) is 12.1 Å². The third-order valence-corrected chi connectivity index (χ3v) is 2.89. The second-order valence-electron chi connectivity index (χ2n) is 3.41. The molecule has 1 aromatic carbocycles. The SMILES string of the molecule is CCNC(CO)c1ccc(SC(F)(F)F)cc1. The Morgan fingerprint density at radius 2 is 1.88 bits per heavy atom. The van der Waals surface area contributed by atoms with E-state index in [2.05, 4.69) is 5.32 Å². The van der Waals surface area contributed by atoms with Crippen LogP contribution in [0.2, 0.25) is 0 Å². The fourth-order valence-electron chi connectivity index (χ4n) is 1.44. The van der Waals surface area contributed by atoms with Crippen molar-refractivity contribution in [1.82, 2.24) is 5.32 Å². The van der Waals surface area contributed by atoms with Crippen molar-refractivity contribution in [2.45, 2.75) is 23.4 Å². The molecule has 0 spiro atoms. The minimum Gasteiger partial charge on any atom is -0.394 e. The first-order valence-electron chi connectivity index (χ1n) is 5.16. The largest absolute Gasteiger partial charge is 0.446 e. The van der Waals surface area contributed by atoms with Crippen LogP contribution in [0.25, 0.3) is 0 Å². The summed E-state index contributed by atoms with van der Waals surface area (Å²) in [5.41, 5.74) is -3.49. The predicted octanol–water partition coefficient (Wildman–Crippen LogP) is 2.94. The standard InChI is InChI=1S/C11H14F3NOS/c1-2-15-10(7-16)8-3-5-9(6-4-8)17-11(12,13)14/h3-6,10,15-16H,2,7H2,1H3. The van der Waals surface area contributed by atoms with E-state index in [9.17, 15) is 13.2 Å². The van der Waals surface area contributed by atoms with Gasteiger partial charge >= 0.3 is 5.51 Å². The van der Waals surface area contributed by atoms with E-state index < -0.39 is 5.51 Å². The van der Waals surface area contributed by atoms with Gasteiger partial charge in [-0.25, -0.2) is 0 Å². The number of alkyl halides is 3. The Balaban J connectivity index is 2.73. The van der Waals surface area contributed by atoms with Gasteiger partial charge in [0.05, 0.1) is 12.6 Å². The maximum atomic E-state index is 12.1. The molecule has 0 amide bonds. The summed E-state index contributed by atoms with van der Waals surface area (Å²) < 4.78 is 36.3. The predicted molar refractivity (Wildman–Crippen MR) is 61.9 cm³/mol. The molecule has 0 saturated carbocycles. The molecular weight excluding hydrogens is 251 g/mol. The molecule has 0 radical (unpaired) electrons. The molecule has 0 saturated heterocycles. The molecule has 1 unspecified atom stereocenters. The second kappa shape index (κ2) is 6.28. The van der Waals surface area contributed by atoms with Crippen LogP contribution in [0, 0.1) is 0 Å². The number of likely N-dealkylation sites (N-methyl/N-ethyl adjacent to an activating group) is 1. The lowest BCUT2D eigenvalue weighted by Gasteiger charge is -2.15. The average Bonchev–Trinajstić information content (AvgIpc) is 2.25. The zero-order valence-electron chi connectivity index (χ0n) is 9.29. The van der Waals surface area contributed by atoms with Crippen molar-refractivity contribution in [2.75, 3.05) is 13.2 Å². The first-order valence-corrected chi connectivity index (χ1v) is 5.98. The molecular formula is C11H14F3NOS. The first kappa shape index (κ1) is 14.3. The average molecular weight is 265 g/mol. The molecule has 2 N–H and O–H groups in total. The number of aliphatic hydroxyl groups is 1. The summed E-state index contributed by atoms with van der Waals surface area (Å²) >= 11 is -0.141. The zero-order chi connectivity index (χ0) is 12.9. The molecule has 1 aromatic rings. The van der Waals surface area contributed by atoms with Crippen molar-refractivity contribution in [2.24, 2.45) is 0 Å². The van der Waals surface area contributed by atoms with Crippen LogP contribution in [0.1, 0.15) is 18.5 Å². The Bertz CT molecular complexity index is 340. The van der Waals surface area contributed by atoms with Gasteiger partial charge in [0.15, 0.2) is 0 Å². The quantitative estimate of drug-likeness (QED) is 0.803. The van der Waals surface area contributed by atoms with Gasteiger partial charge in [0.1, 0.15) is 0 Å². The highest BCUT2D eigenvalue weighted by atomic mass is 32.2. The van der Waals surface area contributed by atoms with E-state index in [0.29, 0.717) is 6.54 Å². The Kier molecular flexibility index (Phi) is 5.30. The molecule has 96 valence electrons. The Hall–Kier alpha value is -0.720. The van der Waals surface area contributed by atoms with Crippen LogP contribution in [0.3, 0.4) is 0 Å². The lowest BCUT2D eigenvalue weighted by molar-refractivity contribution is -0.0328. The maximum absolute atomic E-state index is 12.1. The highest BCUT2D eigenvalue weighted by molar-refractivity contribution is 8.00. The van der Waals surface area contributed by atoms with Crippen molar-refractivity contribution < 1.29 is 18.3 Å². The Labute approximate surface area is 102 Å². The van der Waals surface area contributed by atoms with E-state index in [0.717, 1.165) is 5.56 Å². The summed E-state index contributed by atoms with van der Waals surface area (Å²) in [6, 6.07) is 5.78. The summed E-state index contributed by atoms with van der Waals surface area (Å²) in [6.45, 7) is 2.50. The summed E-state index contributed by atoms with van der Waals surface area (Å²) in [5.74, 6) is 0. The number of halogens is 3. The monoisotopic (exact) mass is 265 g/mol. The maximum Gasteiger partial charge on any atom is 0.446 e. The molecule has 0 aliphatic rings. The molecule has 0 aliphatic carbocycles. The van der Waals surface area contributed by atoms with Crippen molar-refractivity contribution in [1.29, 1.82) is 0 Å². The normalized spacial score (nSPS) is 13.7. The number of hydrogen-bond donors (Lipinski definition) is 2. The highest BCUT2D eigenvalue weighted by Gasteiger charge is 2.29. The minimum atomic E-state index is -4.26. The van der Waals surface area contributed by atoms with Gasteiger partial charge in [-0.05, 0) is 36.0 Å². The van der Waals surface area contributed by atoms with Crippen LogP contribution in [0.4, 0.5) is 13.2 Å². The summed E-state index contributed by atoms with van der Waals surface area (Å²) in [4.78, 5) is 0.148. The van der Waals surface area contributed by atoms with E-state index in [1.165, 1.54) is 12.1 Å². The molecule has 0 aromatic heterocycles. The number of rotatable bonds is 5. The Morgan fingerprint density at radius 3 is 2.29 bits per heavy atom. The van der Waals surface area contributed by atoms with E-state index >= 15 is 0 Å². The van der Waals surface area contributed by atoms with Crippen molar-refractivity contribution >= 4 is 11.8 Å². The summed E-state index contributed by atoms with van der Waals surface area (Å²) in [6.07, 6.45) is 0. The van der Waals surface area contributed by atoms with Gasteiger partial charge in [-0.1, -0.05) is 19.1 Å². The van der Waals surface area contributed by atoms with Crippen molar-refractivity contribution in [3.63, 3.8) is 0 Å². The van der Waals surface area contributed by atoms with E-state index in [-0.39, 0.29) is 29.3 Å². The van der Waals surface area contributed by atoms with Gasteiger partial charge in [-0.15, -0.1) is 0 Å². The molecule has 0 aliphatic heterocycles. The van der Waals surface area contributed by atoms with Gasteiger partial charge in [0.25, 0.3) is 0 Å². The third-order valence-electron chi connectivity index (χ3n) is 2.15. The molecule has 0 heterocycles. The van der Waals surface area contributed by atoms with E-state index in [4.69, 9.17) is 5.11 Å². The molecule has 1 rings (SSSR count). The minimum absolute atomic E-state index is 0.0837. The third kappa shape index (κ3) is 4.97. The summed E-state index contributed by atoms with van der Waals surface area (Å²) in [7, 11) is 0. The van der Waals surface area contributed by atoms with Gasteiger partial charge < -0.3 is 10.4 Å². The van der Waals surface area contributed by atoms with Crippen molar-refractivity contribution in [3.05, 3.63) is 29.8 Å². The van der Waals surface area contributed by atoms with Crippen LogP contribution in [0.15, 0.2) is 29.2 Å². The smallest absolute Gasteiger partial charge is 0.394 e. The van der Waals surface area contributed by atoms with E-state index in [1.807, 2.05) is 6.92 Å². The van der Waals surface area contributed by atoms with Crippen LogP contribution in [0.5, 0.6) is 0 Å². The van der Waals surface area contributed by atoms with Gasteiger partial charge in [-0.2, -0.15) is 13.2 Å². The van der Waals surface area contributed by atoms with Gasteiger partial charge in [0.2, 0.25) is 0 Å². The zero-order valence-corrected chi connectivity index (χ0v) is 10.1. The fraction of sp³-hybridized carbons (Fsp3) is 0.455. The molecule has 0 bridgehead atoms. The van der Waals surface area contributed by atoms with Gasteiger partial charge in [-0.3, -0.25) is 0 Å². The molecule has 1 atom stereocenters. The lowest BCUT2D eigenvalue weighted by atomic mass is 10.1. The lowest BCUT2D eigenvalue weighted by Crippen LogP contribution is -2.23. The number of aliphatic hydroxyl groups excluding tert-OH is 1. The molecule has 6 heteroatoms. The molecule has 0 fully saturated rings. The first-order chi connectivity index (χ1) is 7.96. The molecule has 2 nitrogen and oxygen atoms in total. The number of benzene rings is 1. The van der Waals surface area contributed by atoms with Crippen LogP contribution < -0.4 is 5.32 Å². The highest BCUT2D eigenvalue weighted by Crippen LogP contribution is 2.36. The number of nitrogens with one attached hydrogen (secondary N) is 1. The fourth-order valence-corrected chi connectivity index (χ4v) is 1.98. The van der Waals surface area contributed by atoms with Gasteiger partial charge in [0, 0.05) is 4.90 Å². The number of hydrogen-bond acceptors (Lipinski definition) is 3. The second-order valence-corrected chi connectivity index (χ2v) is 4.55. The summed E-state index contributed by atoms with van der Waals surface area (Å²) in [5, 5.41) is 12.2.